The van der Waals surface area contributed by atoms with Gasteiger partial charge in [-0.2, -0.15) is 4.31 Å². The van der Waals surface area contributed by atoms with Crippen LogP contribution in [-0.2, 0) is 21.4 Å². The number of nitrogens with zero attached hydrogens (tertiary/aromatic N) is 3. The highest BCUT2D eigenvalue weighted by atomic mass is 32.2. The van der Waals surface area contributed by atoms with E-state index < -0.39 is 10.0 Å². The molecule has 0 unspecified atom stereocenters. The fourth-order valence-electron chi connectivity index (χ4n) is 3.50. The van der Waals surface area contributed by atoms with Crippen molar-refractivity contribution in [3.63, 3.8) is 0 Å². The number of fused-ring (bicyclic) bond motifs is 1. The Morgan fingerprint density at radius 1 is 1.21 bits per heavy atom. The number of sulfonamides is 1. The first-order valence-electron chi connectivity index (χ1n) is 10.1. The van der Waals surface area contributed by atoms with E-state index in [2.05, 4.69) is 10.3 Å². The van der Waals surface area contributed by atoms with Gasteiger partial charge >= 0.3 is 0 Å². The molecule has 2 heterocycles. The zero-order valence-corrected chi connectivity index (χ0v) is 19.2. The van der Waals surface area contributed by atoms with Crippen LogP contribution >= 0.6 is 11.8 Å². The smallest absolute Gasteiger partial charge is 0.243 e. The first kappa shape index (κ1) is 22.1. The molecule has 1 N–H and O–H groups in total. The van der Waals surface area contributed by atoms with Crippen molar-refractivity contribution in [3.05, 3.63) is 18.2 Å². The van der Waals surface area contributed by atoms with Gasteiger partial charge in [-0.1, -0.05) is 18.2 Å². The molecule has 0 bridgehead atoms. The molecule has 2 aromatic rings. The van der Waals surface area contributed by atoms with Gasteiger partial charge in [-0.25, -0.2) is 13.4 Å². The Bertz CT molecular complexity index is 987. The Morgan fingerprint density at radius 3 is 2.52 bits per heavy atom. The van der Waals surface area contributed by atoms with Gasteiger partial charge in [0, 0.05) is 25.2 Å². The summed E-state index contributed by atoms with van der Waals surface area (Å²) in [5.74, 6) is 0.213. The molecule has 1 saturated heterocycles. The summed E-state index contributed by atoms with van der Waals surface area (Å²) in [7, 11) is -3.50. The van der Waals surface area contributed by atoms with Crippen LogP contribution in [0.2, 0.25) is 0 Å². The highest BCUT2D eigenvalue weighted by Crippen LogP contribution is 2.28. The summed E-state index contributed by atoms with van der Waals surface area (Å²) in [5.41, 5.74) is 1.24. The molecule has 0 saturated carbocycles. The summed E-state index contributed by atoms with van der Waals surface area (Å²) in [6.07, 6.45) is 2.89. The van der Waals surface area contributed by atoms with Crippen molar-refractivity contribution in [2.75, 3.05) is 18.8 Å². The number of hydrogen-bond acceptors (Lipinski definition) is 5. The van der Waals surface area contributed by atoms with Crippen molar-refractivity contribution in [1.82, 2.24) is 19.2 Å². The second-order valence-corrected chi connectivity index (χ2v) is 11.2. The molecule has 9 heteroatoms. The Hall–Kier alpha value is -1.58. The molecule has 29 heavy (non-hydrogen) atoms. The molecule has 1 aromatic carbocycles. The lowest BCUT2D eigenvalue weighted by Crippen LogP contribution is -2.41. The third-order valence-electron chi connectivity index (χ3n) is 4.80. The van der Waals surface area contributed by atoms with Gasteiger partial charge in [0.1, 0.15) is 0 Å². The van der Waals surface area contributed by atoms with Crippen molar-refractivity contribution in [3.8, 4) is 0 Å². The van der Waals surface area contributed by atoms with Crippen molar-refractivity contribution in [1.29, 1.82) is 0 Å². The molecular weight excluding hydrogens is 408 g/mol. The van der Waals surface area contributed by atoms with Gasteiger partial charge < -0.3 is 9.88 Å². The third kappa shape index (κ3) is 5.13. The van der Waals surface area contributed by atoms with Crippen molar-refractivity contribution in [2.24, 2.45) is 0 Å². The van der Waals surface area contributed by atoms with E-state index in [0.29, 0.717) is 25.2 Å². The number of amides is 1. The average Bonchev–Trinajstić information content (AvgIpc) is 3.02. The highest BCUT2D eigenvalue weighted by molar-refractivity contribution is 7.99. The molecule has 1 aliphatic heterocycles. The Kier molecular flexibility index (Phi) is 6.60. The van der Waals surface area contributed by atoms with E-state index in [1.807, 2.05) is 38.3 Å². The van der Waals surface area contributed by atoms with Crippen LogP contribution < -0.4 is 5.32 Å². The topological polar surface area (TPSA) is 84.3 Å². The number of aryl methyl sites for hydroxylation is 1. The highest BCUT2D eigenvalue weighted by Gasteiger charge is 2.27. The first-order valence-corrected chi connectivity index (χ1v) is 12.5. The van der Waals surface area contributed by atoms with Gasteiger partial charge in [-0.3, -0.25) is 4.79 Å². The largest absolute Gasteiger partial charge is 0.351 e. The number of rotatable bonds is 6. The minimum Gasteiger partial charge on any atom is -0.351 e. The molecule has 1 aliphatic rings. The number of benzene rings is 1. The number of imidazole rings is 1. The summed E-state index contributed by atoms with van der Waals surface area (Å²) in [5, 5.41) is 3.67. The van der Waals surface area contributed by atoms with E-state index in [9.17, 15) is 13.2 Å². The molecule has 0 aliphatic carbocycles. The summed E-state index contributed by atoms with van der Waals surface area (Å²) < 4.78 is 29.5. The van der Waals surface area contributed by atoms with Gasteiger partial charge in [0.25, 0.3) is 0 Å². The number of carbonyl (C=O) groups is 1. The molecule has 0 spiro atoms. The maximum atomic E-state index is 13.0. The van der Waals surface area contributed by atoms with Crippen LogP contribution in [0.5, 0.6) is 0 Å². The molecule has 1 fully saturated rings. The van der Waals surface area contributed by atoms with Crippen LogP contribution in [0.15, 0.2) is 28.3 Å². The Balaban J connectivity index is 1.85. The predicted octanol–water partition coefficient (Wildman–Crippen LogP) is 3.24. The lowest BCUT2D eigenvalue weighted by atomic mass is 10.1. The van der Waals surface area contributed by atoms with Crippen LogP contribution in [0.1, 0.15) is 47.0 Å². The maximum absolute atomic E-state index is 13.0. The van der Waals surface area contributed by atoms with Crippen LogP contribution in [-0.4, -0.2) is 52.6 Å². The summed E-state index contributed by atoms with van der Waals surface area (Å²) in [4.78, 5) is 17.1. The zero-order valence-electron chi connectivity index (χ0n) is 17.6. The quantitative estimate of drug-likeness (QED) is 0.700. The van der Waals surface area contributed by atoms with Gasteiger partial charge in [-0.15, -0.1) is 0 Å². The van der Waals surface area contributed by atoms with E-state index in [4.69, 9.17) is 0 Å². The molecular formula is C20H30N4O3S2. The molecule has 1 aromatic heterocycles. The number of aromatic nitrogens is 2. The van der Waals surface area contributed by atoms with Crippen molar-refractivity contribution < 1.29 is 13.2 Å². The maximum Gasteiger partial charge on any atom is 0.243 e. The summed E-state index contributed by atoms with van der Waals surface area (Å²) in [6.45, 7) is 9.70. The van der Waals surface area contributed by atoms with Crippen LogP contribution in [0.25, 0.3) is 11.0 Å². The minimum absolute atomic E-state index is 0.0504. The summed E-state index contributed by atoms with van der Waals surface area (Å²) in [6, 6.07) is 5.15. The second kappa shape index (κ2) is 8.65. The molecule has 0 atom stereocenters. The van der Waals surface area contributed by atoms with Gasteiger partial charge in [-0.05, 0) is 58.7 Å². The standard InChI is InChI=1S/C20H30N4O3S2/c1-5-24-17-10-9-15(29(26,27)23-11-7-6-8-12-23)13-16(17)21-19(24)28-14-18(25)22-20(2,3)4/h9-10,13H,5-8,11-12,14H2,1-4H3,(H,22,25). The van der Waals surface area contributed by atoms with E-state index >= 15 is 0 Å². The lowest BCUT2D eigenvalue weighted by Gasteiger charge is -2.25. The van der Waals surface area contributed by atoms with Crippen LogP contribution in [0.4, 0.5) is 0 Å². The van der Waals surface area contributed by atoms with Crippen molar-refractivity contribution >= 4 is 38.7 Å². The van der Waals surface area contributed by atoms with Crippen LogP contribution in [0.3, 0.4) is 0 Å². The van der Waals surface area contributed by atoms with Gasteiger partial charge in [0.2, 0.25) is 15.9 Å². The minimum atomic E-state index is -3.50. The van der Waals surface area contributed by atoms with E-state index in [-0.39, 0.29) is 22.1 Å². The van der Waals surface area contributed by atoms with Crippen molar-refractivity contribution in [2.45, 2.75) is 69.1 Å². The number of thioether (sulfide) groups is 1. The SMILES string of the molecule is CCn1c(SCC(=O)NC(C)(C)C)nc2cc(S(=O)(=O)N3CCCCC3)ccc21. The normalized spacial score (nSPS) is 16.3. The molecule has 1 amide bonds. The fourth-order valence-corrected chi connectivity index (χ4v) is 5.92. The Labute approximate surface area is 177 Å². The fraction of sp³-hybridized carbons (Fsp3) is 0.600. The molecule has 160 valence electrons. The zero-order chi connectivity index (χ0) is 21.2. The number of hydrogen-bond donors (Lipinski definition) is 1. The Morgan fingerprint density at radius 2 is 1.90 bits per heavy atom. The average molecular weight is 439 g/mol. The predicted molar refractivity (Wildman–Crippen MR) is 117 cm³/mol. The number of piperidine rings is 1. The molecule has 0 radical (unpaired) electrons. The van der Waals surface area contributed by atoms with E-state index in [1.54, 1.807) is 16.4 Å². The van der Waals surface area contributed by atoms with Crippen LogP contribution in [0, 0.1) is 0 Å². The second-order valence-electron chi connectivity index (χ2n) is 8.34. The summed E-state index contributed by atoms with van der Waals surface area (Å²) >= 11 is 1.37. The first-order chi connectivity index (χ1) is 13.6. The number of nitrogens with one attached hydrogen (secondary N) is 1. The third-order valence-corrected chi connectivity index (χ3v) is 7.67. The van der Waals surface area contributed by atoms with Gasteiger partial charge in [0.15, 0.2) is 5.16 Å². The van der Waals surface area contributed by atoms with Gasteiger partial charge in [0.05, 0.1) is 21.7 Å². The monoisotopic (exact) mass is 438 g/mol. The lowest BCUT2D eigenvalue weighted by molar-refractivity contribution is -0.119. The molecule has 7 nitrogen and oxygen atoms in total. The number of carbonyl (C=O) groups excluding carboxylic acids is 1. The van der Waals surface area contributed by atoms with E-state index in [0.717, 1.165) is 29.9 Å². The molecule has 3 rings (SSSR count). The van der Waals surface area contributed by atoms with E-state index in [1.165, 1.54) is 11.8 Å².